The zero-order valence-corrected chi connectivity index (χ0v) is 17.9. The van der Waals surface area contributed by atoms with Crippen LogP contribution in [0.4, 0.5) is 0 Å². The quantitative estimate of drug-likeness (QED) is 0.0568. The number of hydrogen-bond acceptors (Lipinski definition) is 9. The molecule has 0 rings (SSSR count). The Balaban J connectivity index is 5.10. The molecule has 0 heterocycles. The van der Waals surface area contributed by atoms with Gasteiger partial charge in [0.05, 0.1) is 19.3 Å². The number of aliphatic carboxylic acids is 1. The molecule has 16 heteroatoms. The number of carbonyl (C=O) groups excluding carboxylic acids is 4. The molecule has 16 nitrogen and oxygen atoms in total. The summed E-state index contributed by atoms with van der Waals surface area (Å²) in [4.78, 5) is 62.8. The molecule has 0 aromatic heterocycles. The lowest BCUT2D eigenvalue weighted by Gasteiger charge is -2.24. The Morgan fingerprint density at radius 2 is 1.30 bits per heavy atom. The third kappa shape index (κ3) is 12.2. The molecule has 0 fully saturated rings. The second-order valence-electron chi connectivity index (χ2n) is 6.95. The molecule has 0 saturated heterocycles. The second-order valence-corrected chi connectivity index (χ2v) is 6.95. The van der Waals surface area contributed by atoms with Crippen LogP contribution in [0.25, 0.3) is 0 Å². The number of guanidine groups is 1. The minimum absolute atomic E-state index is 0.117. The Bertz CT molecular complexity index is 728. The van der Waals surface area contributed by atoms with E-state index in [9.17, 15) is 29.1 Å². The molecule has 4 unspecified atom stereocenters. The van der Waals surface area contributed by atoms with Crippen LogP contribution in [-0.4, -0.2) is 94.8 Å². The van der Waals surface area contributed by atoms with Crippen LogP contribution in [0, 0.1) is 0 Å². The molecule has 4 amide bonds. The molecule has 0 aromatic carbocycles. The van der Waals surface area contributed by atoms with Crippen LogP contribution >= 0.6 is 0 Å². The molecule has 0 spiro atoms. The fraction of sp³-hybridized carbons (Fsp3) is 0.647. The number of carboxylic acid groups (broad SMARTS) is 1. The molecule has 4 atom stereocenters. The SMILES string of the molecule is NC(=O)CCC(NC(=O)C(CO)NC(=O)C(N)CCCN=C(N)N)C(=O)NC(CO)C(=O)O. The van der Waals surface area contributed by atoms with Gasteiger partial charge in [-0.05, 0) is 19.3 Å². The van der Waals surface area contributed by atoms with Gasteiger partial charge in [0.1, 0.15) is 18.1 Å². The van der Waals surface area contributed by atoms with Gasteiger partial charge in [0, 0.05) is 13.0 Å². The standard InChI is InChI=1S/C17H32N8O8/c18-8(2-1-5-22-17(20)21)13(29)24-10(6-26)15(31)23-9(3-4-12(19)28)14(30)25-11(7-27)16(32)33/h8-11,26-27H,1-7,18H2,(H2,19,28)(H,23,31)(H,24,29)(H,25,30)(H,32,33)(H4,20,21,22). The van der Waals surface area contributed by atoms with Crippen molar-refractivity contribution in [3.63, 3.8) is 0 Å². The van der Waals surface area contributed by atoms with Crippen molar-refractivity contribution >= 4 is 35.6 Å². The number of primary amides is 1. The van der Waals surface area contributed by atoms with Crippen molar-refractivity contribution in [1.29, 1.82) is 0 Å². The Kier molecular flexibility index (Phi) is 13.7. The van der Waals surface area contributed by atoms with E-state index < -0.39 is 67.0 Å². The van der Waals surface area contributed by atoms with E-state index in [0.717, 1.165) is 0 Å². The van der Waals surface area contributed by atoms with Crippen molar-refractivity contribution in [3.8, 4) is 0 Å². The van der Waals surface area contributed by atoms with E-state index in [2.05, 4.69) is 15.6 Å². The highest BCUT2D eigenvalue weighted by molar-refractivity contribution is 5.94. The molecule has 188 valence electrons. The van der Waals surface area contributed by atoms with Gasteiger partial charge in [-0.3, -0.25) is 24.2 Å². The summed E-state index contributed by atoms with van der Waals surface area (Å²) in [6.45, 7) is -1.54. The lowest BCUT2D eigenvalue weighted by molar-refractivity contribution is -0.143. The van der Waals surface area contributed by atoms with Gasteiger partial charge in [-0.25, -0.2) is 4.79 Å². The molecule has 33 heavy (non-hydrogen) atoms. The van der Waals surface area contributed by atoms with Gasteiger partial charge in [0.15, 0.2) is 5.96 Å². The fourth-order valence-electron chi connectivity index (χ4n) is 2.41. The topological polar surface area (TPSA) is 299 Å². The summed E-state index contributed by atoms with van der Waals surface area (Å²) in [6.07, 6.45) is -0.107. The van der Waals surface area contributed by atoms with Crippen LogP contribution in [0.1, 0.15) is 25.7 Å². The minimum atomic E-state index is -1.66. The molecule has 0 saturated carbocycles. The number of rotatable bonds is 16. The Morgan fingerprint density at radius 1 is 0.788 bits per heavy atom. The second kappa shape index (κ2) is 15.3. The Hall–Kier alpha value is -3.50. The average Bonchev–Trinajstić information content (AvgIpc) is 2.74. The molecule has 0 aliphatic carbocycles. The van der Waals surface area contributed by atoms with E-state index in [1.165, 1.54) is 0 Å². The zero-order valence-electron chi connectivity index (χ0n) is 17.9. The molecule has 0 radical (unpaired) electrons. The highest BCUT2D eigenvalue weighted by atomic mass is 16.4. The normalized spacial score (nSPS) is 14.2. The van der Waals surface area contributed by atoms with E-state index in [4.69, 9.17) is 33.1 Å². The lowest BCUT2D eigenvalue weighted by atomic mass is 10.1. The molecule has 0 aliphatic heterocycles. The van der Waals surface area contributed by atoms with Gasteiger partial charge < -0.3 is 54.2 Å². The Morgan fingerprint density at radius 3 is 1.79 bits per heavy atom. The van der Waals surface area contributed by atoms with E-state index in [1.807, 2.05) is 5.32 Å². The first-order valence-electron chi connectivity index (χ1n) is 9.87. The monoisotopic (exact) mass is 476 g/mol. The van der Waals surface area contributed by atoms with Gasteiger partial charge in [-0.15, -0.1) is 0 Å². The van der Waals surface area contributed by atoms with Crippen LogP contribution < -0.4 is 38.9 Å². The molecular weight excluding hydrogens is 444 g/mol. The van der Waals surface area contributed by atoms with Gasteiger partial charge in [-0.2, -0.15) is 0 Å². The molecular formula is C17H32N8O8. The summed E-state index contributed by atoms with van der Waals surface area (Å²) in [5.74, 6) is -5.23. The van der Waals surface area contributed by atoms with Crippen LogP contribution in [0.3, 0.4) is 0 Å². The number of nitrogens with zero attached hydrogens (tertiary/aromatic N) is 1. The molecule has 14 N–H and O–H groups in total. The number of aliphatic imine (C=N–C) groups is 1. The summed E-state index contributed by atoms with van der Waals surface area (Å²) < 4.78 is 0. The number of carbonyl (C=O) groups is 5. The first-order chi connectivity index (χ1) is 15.4. The van der Waals surface area contributed by atoms with Crippen LogP contribution in [0.5, 0.6) is 0 Å². The largest absolute Gasteiger partial charge is 0.480 e. The van der Waals surface area contributed by atoms with Crippen LogP contribution in [-0.2, 0) is 24.0 Å². The van der Waals surface area contributed by atoms with Gasteiger partial charge in [-0.1, -0.05) is 0 Å². The number of aliphatic hydroxyl groups excluding tert-OH is 2. The molecule has 0 bridgehead atoms. The van der Waals surface area contributed by atoms with Gasteiger partial charge in [0.2, 0.25) is 23.6 Å². The van der Waals surface area contributed by atoms with Crippen molar-refractivity contribution in [2.45, 2.75) is 49.9 Å². The highest BCUT2D eigenvalue weighted by Gasteiger charge is 2.30. The number of aliphatic hydroxyl groups is 2. The van der Waals surface area contributed by atoms with Crippen molar-refractivity contribution in [2.24, 2.45) is 27.9 Å². The molecule has 0 aliphatic rings. The zero-order chi connectivity index (χ0) is 25.6. The maximum absolute atomic E-state index is 12.5. The van der Waals surface area contributed by atoms with Crippen molar-refractivity contribution in [3.05, 3.63) is 0 Å². The van der Waals surface area contributed by atoms with Crippen LogP contribution in [0.2, 0.25) is 0 Å². The van der Waals surface area contributed by atoms with Crippen LogP contribution in [0.15, 0.2) is 4.99 Å². The third-order valence-electron chi connectivity index (χ3n) is 4.23. The Labute approximate surface area is 189 Å². The van der Waals surface area contributed by atoms with Gasteiger partial charge in [0.25, 0.3) is 0 Å². The number of amides is 4. The number of nitrogens with one attached hydrogen (secondary N) is 3. The van der Waals surface area contributed by atoms with Crippen molar-refractivity contribution < 1.29 is 39.3 Å². The smallest absolute Gasteiger partial charge is 0.328 e. The first-order valence-corrected chi connectivity index (χ1v) is 9.87. The maximum atomic E-state index is 12.5. The van der Waals surface area contributed by atoms with E-state index in [-0.39, 0.29) is 31.8 Å². The summed E-state index contributed by atoms with van der Waals surface area (Å²) in [5, 5.41) is 33.9. The number of hydrogen-bond donors (Lipinski definition) is 10. The average molecular weight is 476 g/mol. The highest BCUT2D eigenvalue weighted by Crippen LogP contribution is 2.01. The number of carboxylic acids is 1. The van der Waals surface area contributed by atoms with E-state index in [0.29, 0.717) is 6.42 Å². The van der Waals surface area contributed by atoms with E-state index in [1.54, 1.807) is 0 Å². The lowest BCUT2D eigenvalue weighted by Crippen LogP contribution is -2.58. The predicted molar refractivity (Wildman–Crippen MR) is 114 cm³/mol. The molecule has 0 aromatic rings. The summed E-state index contributed by atoms with van der Waals surface area (Å²) in [7, 11) is 0. The number of nitrogens with two attached hydrogens (primary N) is 4. The first kappa shape index (κ1) is 29.5. The summed E-state index contributed by atoms with van der Waals surface area (Å²) in [6, 6.07) is -5.65. The maximum Gasteiger partial charge on any atom is 0.328 e. The van der Waals surface area contributed by atoms with Gasteiger partial charge >= 0.3 is 5.97 Å². The summed E-state index contributed by atoms with van der Waals surface area (Å²) in [5.41, 5.74) is 21.2. The predicted octanol–water partition coefficient (Wildman–Crippen LogP) is -5.84. The fourth-order valence-corrected chi connectivity index (χ4v) is 2.41. The van der Waals surface area contributed by atoms with Crippen molar-refractivity contribution in [1.82, 2.24) is 16.0 Å². The third-order valence-corrected chi connectivity index (χ3v) is 4.23. The van der Waals surface area contributed by atoms with Crippen molar-refractivity contribution in [2.75, 3.05) is 19.8 Å². The summed E-state index contributed by atoms with van der Waals surface area (Å²) >= 11 is 0. The van der Waals surface area contributed by atoms with E-state index >= 15 is 0 Å². The minimum Gasteiger partial charge on any atom is -0.480 e.